The van der Waals surface area contributed by atoms with E-state index in [-0.39, 0.29) is 5.37 Å². The normalized spacial score (nSPS) is 22.5. The Morgan fingerprint density at radius 2 is 2.21 bits per heavy atom. The van der Waals surface area contributed by atoms with E-state index in [1.807, 2.05) is 35.0 Å². The van der Waals surface area contributed by atoms with Gasteiger partial charge in [0.15, 0.2) is 0 Å². The van der Waals surface area contributed by atoms with Crippen LogP contribution in [0.25, 0.3) is 5.69 Å². The van der Waals surface area contributed by atoms with Crippen LogP contribution in [0.3, 0.4) is 0 Å². The molecule has 1 aliphatic rings. The monoisotopic (exact) mass is 275 g/mol. The van der Waals surface area contributed by atoms with Gasteiger partial charge in [-0.25, -0.2) is 4.98 Å². The maximum Gasteiger partial charge on any atom is 0.321 e. The molecular weight excluding hydrogens is 262 g/mol. The number of carbonyl (C=O) groups is 1. The summed E-state index contributed by atoms with van der Waals surface area (Å²) in [7, 11) is 0. The zero-order valence-corrected chi connectivity index (χ0v) is 10.9. The third-order valence-electron chi connectivity index (χ3n) is 3.08. The van der Waals surface area contributed by atoms with Gasteiger partial charge in [-0.15, -0.1) is 11.8 Å². The Bertz CT molecular complexity index is 568. The lowest BCUT2D eigenvalue weighted by molar-refractivity contribution is -0.138. The molecular formula is C13H13N3O2S. The van der Waals surface area contributed by atoms with Crippen molar-refractivity contribution in [2.75, 3.05) is 5.75 Å². The minimum Gasteiger partial charge on any atom is -0.480 e. The van der Waals surface area contributed by atoms with Crippen LogP contribution < -0.4 is 5.32 Å². The molecule has 1 unspecified atom stereocenters. The van der Waals surface area contributed by atoms with Crippen molar-refractivity contribution in [1.82, 2.24) is 14.9 Å². The molecule has 98 valence electrons. The van der Waals surface area contributed by atoms with Crippen LogP contribution in [0.5, 0.6) is 0 Å². The van der Waals surface area contributed by atoms with Crippen molar-refractivity contribution in [3.05, 3.63) is 48.5 Å². The molecule has 2 N–H and O–H groups in total. The molecule has 0 bridgehead atoms. The van der Waals surface area contributed by atoms with E-state index in [4.69, 9.17) is 5.11 Å². The lowest BCUT2D eigenvalue weighted by Crippen LogP contribution is -2.33. The zero-order valence-electron chi connectivity index (χ0n) is 10.1. The summed E-state index contributed by atoms with van der Waals surface area (Å²) in [4.78, 5) is 14.9. The van der Waals surface area contributed by atoms with E-state index >= 15 is 0 Å². The number of benzene rings is 1. The van der Waals surface area contributed by atoms with Crippen molar-refractivity contribution < 1.29 is 9.90 Å². The summed E-state index contributed by atoms with van der Waals surface area (Å²) in [6.45, 7) is 0. The molecule has 1 aromatic heterocycles. The minimum atomic E-state index is -0.787. The Morgan fingerprint density at radius 3 is 2.79 bits per heavy atom. The van der Waals surface area contributed by atoms with E-state index in [2.05, 4.69) is 10.3 Å². The highest BCUT2D eigenvalue weighted by Crippen LogP contribution is 2.33. The number of hydrogen-bond acceptors (Lipinski definition) is 4. The topological polar surface area (TPSA) is 67.1 Å². The second-order valence-corrected chi connectivity index (χ2v) is 5.47. The van der Waals surface area contributed by atoms with Crippen molar-refractivity contribution in [1.29, 1.82) is 0 Å². The molecule has 1 aromatic carbocycles. The molecule has 0 radical (unpaired) electrons. The van der Waals surface area contributed by atoms with Gasteiger partial charge in [-0.3, -0.25) is 10.1 Å². The molecule has 19 heavy (non-hydrogen) atoms. The minimum absolute atomic E-state index is 0.0536. The van der Waals surface area contributed by atoms with Crippen LogP contribution in [-0.4, -0.2) is 32.4 Å². The van der Waals surface area contributed by atoms with Crippen LogP contribution in [0.2, 0.25) is 0 Å². The molecule has 3 rings (SSSR count). The van der Waals surface area contributed by atoms with Gasteiger partial charge in [-0.2, -0.15) is 0 Å². The average molecular weight is 275 g/mol. The van der Waals surface area contributed by atoms with E-state index in [1.54, 1.807) is 24.3 Å². The molecule has 0 aliphatic carbocycles. The fourth-order valence-corrected chi connectivity index (χ4v) is 3.27. The molecule has 2 heterocycles. The fraction of sp³-hybridized carbons (Fsp3) is 0.231. The van der Waals surface area contributed by atoms with E-state index in [1.165, 1.54) is 0 Å². The quantitative estimate of drug-likeness (QED) is 0.891. The number of carboxylic acid groups (broad SMARTS) is 1. The number of thioether (sulfide) groups is 1. The second kappa shape index (κ2) is 5.07. The average Bonchev–Trinajstić information content (AvgIpc) is 3.11. The van der Waals surface area contributed by atoms with Gasteiger partial charge >= 0.3 is 5.97 Å². The smallest absolute Gasteiger partial charge is 0.321 e. The number of aliphatic carboxylic acids is 1. The van der Waals surface area contributed by atoms with Crippen LogP contribution in [0.15, 0.2) is 43.0 Å². The lowest BCUT2D eigenvalue weighted by atomic mass is 10.2. The molecule has 1 aliphatic heterocycles. The predicted octanol–water partition coefficient (Wildman–Crippen LogP) is 1.66. The molecule has 5 nitrogen and oxygen atoms in total. The number of carboxylic acids is 1. The van der Waals surface area contributed by atoms with Gasteiger partial charge in [-0.1, -0.05) is 12.1 Å². The third-order valence-corrected chi connectivity index (χ3v) is 4.35. The predicted molar refractivity (Wildman–Crippen MR) is 73.3 cm³/mol. The maximum absolute atomic E-state index is 10.9. The molecule has 0 amide bonds. The summed E-state index contributed by atoms with van der Waals surface area (Å²) in [5, 5.41) is 12.1. The first-order valence-electron chi connectivity index (χ1n) is 5.93. The highest BCUT2D eigenvalue weighted by molar-refractivity contribution is 7.99. The number of imidazole rings is 1. The Hall–Kier alpha value is -1.79. The highest BCUT2D eigenvalue weighted by Gasteiger charge is 2.30. The third kappa shape index (κ3) is 2.50. The van der Waals surface area contributed by atoms with E-state index in [0.29, 0.717) is 5.75 Å². The number of aromatic nitrogens is 2. The molecule has 0 spiro atoms. The van der Waals surface area contributed by atoms with Crippen LogP contribution in [0.4, 0.5) is 0 Å². The van der Waals surface area contributed by atoms with Crippen LogP contribution >= 0.6 is 11.8 Å². The van der Waals surface area contributed by atoms with Gasteiger partial charge in [0.2, 0.25) is 0 Å². The van der Waals surface area contributed by atoms with Crippen molar-refractivity contribution in [3.8, 4) is 5.69 Å². The van der Waals surface area contributed by atoms with Crippen LogP contribution in [0.1, 0.15) is 10.9 Å². The first-order chi connectivity index (χ1) is 9.24. The largest absolute Gasteiger partial charge is 0.480 e. The molecule has 1 fully saturated rings. The van der Waals surface area contributed by atoms with Crippen molar-refractivity contribution in [3.63, 3.8) is 0 Å². The molecule has 6 heteroatoms. The Labute approximate surface area is 114 Å². The summed E-state index contributed by atoms with van der Waals surface area (Å²) >= 11 is 1.62. The summed E-state index contributed by atoms with van der Waals surface area (Å²) in [6.07, 6.45) is 5.37. The van der Waals surface area contributed by atoms with E-state index in [9.17, 15) is 4.79 Å². The van der Waals surface area contributed by atoms with Crippen molar-refractivity contribution in [2.45, 2.75) is 11.4 Å². The number of rotatable bonds is 3. The highest BCUT2D eigenvalue weighted by atomic mass is 32.2. The summed E-state index contributed by atoms with van der Waals surface area (Å²) in [5.41, 5.74) is 2.14. The first kappa shape index (κ1) is 12.3. The summed E-state index contributed by atoms with van der Waals surface area (Å²) < 4.78 is 1.93. The van der Waals surface area contributed by atoms with E-state index < -0.39 is 12.0 Å². The summed E-state index contributed by atoms with van der Waals surface area (Å²) in [6, 6.07) is 7.60. The first-order valence-corrected chi connectivity index (χ1v) is 6.97. The molecule has 0 saturated carbocycles. The summed E-state index contributed by atoms with van der Waals surface area (Å²) in [5.74, 6) is -0.187. The Kier molecular flexibility index (Phi) is 3.27. The van der Waals surface area contributed by atoms with Gasteiger partial charge in [0.1, 0.15) is 6.04 Å². The number of nitrogens with one attached hydrogen (secondary N) is 1. The standard InChI is InChI=1S/C13H13N3O2S/c17-13(18)11-7-19-12(15-11)9-1-3-10(4-2-9)16-6-5-14-8-16/h1-6,8,11-12,15H,7H2,(H,17,18)/t11-,12?/m0/s1. The second-order valence-electron chi connectivity index (χ2n) is 4.33. The molecule has 2 aromatic rings. The van der Waals surface area contributed by atoms with Gasteiger partial charge < -0.3 is 9.67 Å². The fourth-order valence-electron chi connectivity index (χ4n) is 2.04. The molecule has 1 saturated heterocycles. The number of hydrogen-bond donors (Lipinski definition) is 2. The van der Waals surface area contributed by atoms with Crippen LogP contribution in [0, 0.1) is 0 Å². The Morgan fingerprint density at radius 1 is 1.42 bits per heavy atom. The SMILES string of the molecule is O=C(O)[C@@H]1CSC(c2ccc(-n3ccnc3)cc2)N1. The zero-order chi connectivity index (χ0) is 13.2. The van der Waals surface area contributed by atoms with E-state index in [0.717, 1.165) is 11.3 Å². The van der Waals surface area contributed by atoms with Crippen molar-refractivity contribution in [2.24, 2.45) is 0 Å². The molecule has 2 atom stereocenters. The van der Waals surface area contributed by atoms with Gasteiger partial charge in [-0.05, 0) is 17.7 Å². The van der Waals surface area contributed by atoms with Crippen LogP contribution in [-0.2, 0) is 4.79 Å². The van der Waals surface area contributed by atoms with Gasteiger partial charge in [0.05, 0.1) is 11.7 Å². The van der Waals surface area contributed by atoms with Gasteiger partial charge in [0, 0.05) is 23.8 Å². The lowest BCUT2D eigenvalue weighted by Gasteiger charge is -2.12. The van der Waals surface area contributed by atoms with Gasteiger partial charge in [0.25, 0.3) is 0 Å². The maximum atomic E-state index is 10.9. The van der Waals surface area contributed by atoms with Crippen molar-refractivity contribution >= 4 is 17.7 Å². The Balaban J connectivity index is 1.75. The number of nitrogens with zero attached hydrogens (tertiary/aromatic N) is 2.